The zero-order valence-electron chi connectivity index (χ0n) is 9.17. The number of carbonyl (C=O) groups is 1. The van der Waals surface area contributed by atoms with Gasteiger partial charge < -0.3 is 5.11 Å². The molecule has 0 heterocycles. The minimum absolute atomic E-state index is 0.356. The Kier molecular flexibility index (Phi) is 4.99. The lowest BCUT2D eigenvalue weighted by atomic mass is 9.77. The van der Waals surface area contributed by atoms with Crippen LogP contribution in [-0.2, 0) is 4.79 Å². The van der Waals surface area contributed by atoms with Gasteiger partial charge in [0.1, 0.15) is 0 Å². The molecule has 1 saturated carbocycles. The molecule has 1 aliphatic carbocycles. The van der Waals surface area contributed by atoms with Crippen molar-refractivity contribution < 1.29 is 9.90 Å². The van der Waals surface area contributed by atoms with Gasteiger partial charge >= 0.3 is 5.97 Å². The van der Waals surface area contributed by atoms with Crippen molar-refractivity contribution >= 4 is 5.97 Å². The number of carboxylic acid groups (broad SMARTS) is 1. The summed E-state index contributed by atoms with van der Waals surface area (Å²) >= 11 is 0. The van der Waals surface area contributed by atoms with Crippen molar-refractivity contribution in [1.82, 2.24) is 0 Å². The lowest BCUT2D eigenvalue weighted by Gasteiger charge is -2.29. The van der Waals surface area contributed by atoms with E-state index >= 15 is 0 Å². The molecule has 0 saturated heterocycles. The predicted molar refractivity (Wildman–Crippen MR) is 57.2 cm³/mol. The van der Waals surface area contributed by atoms with E-state index in [1.165, 1.54) is 32.1 Å². The van der Waals surface area contributed by atoms with Gasteiger partial charge in [0.15, 0.2) is 0 Å². The Balaban J connectivity index is 2.31. The largest absolute Gasteiger partial charge is 0.481 e. The van der Waals surface area contributed by atoms with E-state index in [1.54, 1.807) is 0 Å². The van der Waals surface area contributed by atoms with Gasteiger partial charge in [-0.3, -0.25) is 4.79 Å². The molecule has 0 aliphatic heterocycles. The first-order valence-electron chi connectivity index (χ1n) is 5.95. The molecule has 1 N–H and O–H groups in total. The second kappa shape index (κ2) is 6.05. The van der Waals surface area contributed by atoms with Crippen LogP contribution in [0, 0.1) is 11.8 Å². The highest BCUT2D eigenvalue weighted by atomic mass is 16.4. The fraction of sp³-hybridized carbons (Fsp3) is 0.917. The first-order valence-corrected chi connectivity index (χ1v) is 5.95. The molecular formula is C12H22O2. The molecule has 2 nitrogen and oxygen atoms in total. The third-order valence-corrected chi connectivity index (χ3v) is 3.57. The van der Waals surface area contributed by atoms with Crippen molar-refractivity contribution in [2.24, 2.45) is 11.8 Å². The lowest BCUT2D eigenvalue weighted by molar-refractivity contribution is -0.137. The van der Waals surface area contributed by atoms with E-state index < -0.39 is 5.97 Å². The molecule has 14 heavy (non-hydrogen) atoms. The molecule has 0 aromatic rings. The SMILES string of the molecule is CC[C@H](CCC(=O)O)C1CCCCC1. The number of aliphatic carboxylic acids is 1. The van der Waals surface area contributed by atoms with Gasteiger partial charge in [-0.25, -0.2) is 0 Å². The molecule has 0 aromatic heterocycles. The molecule has 1 rings (SSSR count). The van der Waals surface area contributed by atoms with Crippen LogP contribution in [0.4, 0.5) is 0 Å². The molecule has 0 radical (unpaired) electrons. The first-order chi connectivity index (χ1) is 6.74. The second-order valence-electron chi connectivity index (χ2n) is 4.50. The Morgan fingerprint density at radius 2 is 2.00 bits per heavy atom. The van der Waals surface area contributed by atoms with Crippen LogP contribution in [0.15, 0.2) is 0 Å². The van der Waals surface area contributed by atoms with Crippen molar-refractivity contribution in [1.29, 1.82) is 0 Å². The van der Waals surface area contributed by atoms with Gasteiger partial charge in [-0.15, -0.1) is 0 Å². The normalized spacial score (nSPS) is 20.6. The van der Waals surface area contributed by atoms with Crippen molar-refractivity contribution in [2.45, 2.75) is 58.3 Å². The Morgan fingerprint density at radius 3 is 2.50 bits per heavy atom. The molecule has 1 aliphatic rings. The summed E-state index contributed by atoms with van der Waals surface area (Å²) < 4.78 is 0. The third-order valence-electron chi connectivity index (χ3n) is 3.57. The van der Waals surface area contributed by atoms with Crippen molar-refractivity contribution in [3.8, 4) is 0 Å². The Hall–Kier alpha value is -0.530. The smallest absolute Gasteiger partial charge is 0.303 e. The van der Waals surface area contributed by atoms with E-state index in [0.29, 0.717) is 12.3 Å². The topological polar surface area (TPSA) is 37.3 Å². The average molecular weight is 198 g/mol. The van der Waals surface area contributed by atoms with Gasteiger partial charge in [0.05, 0.1) is 0 Å². The summed E-state index contributed by atoms with van der Waals surface area (Å²) in [6, 6.07) is 0. The highest BCUT2D eigenvalue weighted by Gasteiger charge is 2.22. The summed E-state index contributed by atoms with van der Waals surface area (Å²) in [6.07, 6.45) is 9.15. The maximum Gasteiger partial charge on any atom is 0.303 e. The monoisotopic (exact) mass is 198 g/mol. The van der Waals surface area contributed by atoms with Crippen molar-refractivity contribution in [3.63, 3.8) is 0 Å². The molecule has 0 bridgehead atoms. The van der Waals surface area contributed by atoms with Crippen LogP contribution in [0.25, 0.3) is 0 Å². The predicted octanol–water partition coefficient (Wildman–Crippen LogP) is 3.46. The Morgan fingerprint density at radius 1 is 1.36 bits per heavy atom. The van der Waals surface area contributed by atoms with Gasteiger partial charge in [0.2, 0.25) is 0 Å². The van der Waals surface area contributed by atoms with E-state index in [1.807, 2.05) is 0 Å². The summed E-state index contributed by atoms with van der Waals surface area (Å²) in [6.45, 7) is 2.20. The molecule has 2 heteroatoms. The zero-order chi connectivity index (χ0) is 10.4. The molecule has 0 amide bonds. The van der Waals surface area contributed by atoms with E-state index in [2.05, 4.69) is 6.92 Å². The summed E-state index contributed by atoms with van der Waals surface area (Å²) in [5, 5.41) is 8.66. The van der Waals surface area contributed by atoms with E-state index in [4.69, 9.17) is 5.11 Å². The van der Waals surface area contributed by atoms with Crippen LogP contribution in [0.2, 0.25) is 0 Å². The number of rotatable bonds is 5. The van der Waals surface area contributed by atoms with Gasteiger partial charge in [-0.2, -0.15) is 0 Å². The molecule has 0 spiro atoms. The lowest BCUT2D eigenvalue weighted by Crippen LogP contribution is -2.18. The maximum absolute atomic E-state index is 10.5. The molecule has 0 aromatic carbocycles. The van der Waals surface area contributed by atoms with Crippen LogP contribution < -0.4 is 0 Å². The van der Waals surface area contributed by atoms with Gasteiger partial charge in [-0.1, -0.05) is 45.4 Å². The fourth-order valence-electron chi connectivity index (χ4n) is 2.69. The molecule has 1 atom stereocenters. The summed E-state index contributed by atoms with van der Waals surface area (Å²) in [4.78, 5) is 10.5. The quantitative estimate of drug-likeness (QED) is 0.734. The fourth-order valence-corrected chi connectivity index (χ4v) is 2.69. The molecule has 1 fully saturated rings. The number of hydrogen-bond donors (Lipinski definition) is 1. The summed E-state index contributed by atoms with van der Waals surface area (Å²) in [5.74, 6) is 0.832. The van der Waals surface area contributed by atoms with Crippen LogP contribution in [0.1, 0.15) is 58.3 Å². The second-order valence-corrected chi connectivity index (χ2v) is 4.50. The van der Waals surface area contributed by atoms with Crippen LogP contribution in [-0.4, -0.2) is 11.1 Å². The minimum atomic E-state index is -0.640. The molecule has 82 valence electrons. The first kappa shape index (κ1) is 11.5. The van der Waals surface area contributed by atoms with E-state index in [-0.39, 0.29) is 0 Å². The minimum Gasteiger partial charge on any atom is -0.481 e. The van der Waals surface area contributed by atoms with Gasteiger partial charge in [-0.05, 0) is 18.3 Å². The molecular weight excluding hydrogens is 176 g/mol. The number of hydrogen-bond acceptors (Lipinski definition) is 1. The molecule has 0 unspecified atom stereocenters. The van der Waals surface area contributed by atoms with Crippen LogP contribution in [0.3, 0.4) is 0 Å². The summed E-state index contributed by atoms with van der Waals surface area (Å²) in [7, 11) is 0. The highest BCUT2D eigenvalue weighted by molar-refractivity contribution is 5.66. The zero-order valence-corrected chi connectivity index (χ0v) is 9.17. The Bertz CT molecular complexity index is 171. The highest BCUT2D eigenvalue weighted by Crippen LogP contribution is 2.33. The average Bonchev–Trinajstić information content (AvgIpc) is 2.20. The van der Waals surface area contributed by atoms with E-state index in [9.17, 15) is 4.79 Å². The maximum atomic E-state index is 10.5. The van der Waals surface area contributed by atoms with Crippen LogP contribution in [0.5, 0.6) is 0 Å². The standard InChI is InChI=1S/C12H22O2/c1-2-10(8-9-12(13)14)11-6-4-3-5-7-11/h10-11H,2-9H2,1H3,(H,13,14)/t10-/m1/s1. The van der Waals surface area contributed by atoms with Crippen molar-refractivity contribution in [2.75, 3.05) is 0 Å². The van der Waals surface area contributed by atoms with Gasteiger partial charge in [0.25, 0.3) is 0 Å². The van der Waals surface area contributed by atoms with Crippen LogP contribution >= 0.6 is 0 Å². The summed E-state index contributed by atoms with van der Waals surface area (Å²) in [5.41, 5.74) is 0. The van der Waals surface area contributed by atoms with Gasteiger partial charge in [0, 0.05) is 6.42 Å². The van der Waals surface area contributed by atoms with Crippen molar-refractivity contribution in [3.05, 3.63) is 0 Å². The van der Waals surface area contributed by atoms with E-state index in [0.717, 1.165) is 18.8 Å². The third kappa shape index (κ3) is 3.69. The Labute approximate surface area is 86.7 Å². The number of carboxylic acids is 1.